The molecule has 0 aliphatic rings. The lowest BCUT2D eigenvalue weighted by atomic mass is 10.1. The highest BCUT2D eigenvalue weighted by molar-refractivity contribution is 5.27. The molecule has 1 N–H and O–H groups in total. The monoisotopic (exact) mass is 291 g/mol. The molecule has 0 heterocycles. The van der Waals surface area contributed by atoms with E-state index in [0.29, 0.717) is 6.04 Å². The molecule has 1 aromatic carbocycles. The van der Waals surface area contributed by atoms with Gasteiger partial charge in [0.1, 0.15) is 5.75 Å². The fraction of sp³-hybridized carbons (Fsp3) is 0.684. The first-order valence-corrected chi connectivity index (χ1v) is 8.57. The largest absolute Gasteiger partial charge is 0.494 e. The molecule has 2 heteroatoms. The zero-order valence-electron chi connectivity index (χ0n) is 14.3. The van der Waals surface area contributed by atoms with Crippen LogP contribution in [-0.4, -0.2) is 19.2 Å². The Morgan fingerprint density at radius 3 is 2.38 bits per heavy atom. The summed E-state index contributed by atoms with van der Waals surface area (Å²) in [4.78, 5) is 0. The zero-order valence-corrected chi connectivity index (χ0v) is 14.3. The van der Waals surface area contributed by atoms with Gasteiger partial charge in [-0.1, -0.05) is 32.9 Å². The molecule has 0 fully saturated rings. The van der Waals surface area contributed by atoms with E-state index in [4.69, 9.17) is 4.74 Å². The van der Waals surface area contributed by atoms with Crippen LogP contribution >= 0.6 is 0 Å². The Labute approximate surface area is 131 Å². The van der Waals surface area contributed by atoms with Gasteiger partial charge in [-0.05, 0) is 69.2 Å². The molecule has 0 aliphatic heterocycles. The van der Waals surface area contributed by atoms with E-state index in [-0.39, 0.29) is 0 Å². The SMILES string of the molecule is CCCNC(C)CCc1ccc(OCCCC(C)C)cc1. The lowest BCUT2D eigenvalue weighted by Gasteiger charge is -2.13. The summed E-state index contributed by atoms with van der Waals surface area (Å²) in [5, 5.41) is 3.53. The number of hydrogen-bond donors (Lipinski definition) is 1. The Bertz CT molecular complexity index is 358. The number of hydrogen-bond acceptors (Lipinski definition) is 2. The van der Waals surface area contributed by atoms with Crippen LogP contribution in [0.3, 0.4) is 0 Å². The van der Waals surface area contributed by atoms with Gasteiger partial charge in [0.15, 0.2) is 0 Å². The van der Waals surface area contributed by atoms with Crippen LogP contribution in [0.5, 0.6) is 5.75 Å². The molecule has 0 aromatic heterocycles. The van der Waals surface area contributed by atoms with Crippen LogP contribution in [0.1, 0.15) is 58.9 Å². The van der Waals surface area contributed by atoms with Crippen molar-refractivity contribution in [1.29, 1.82) is 0 Å². The quantitative estimate of drug-likeness (QED) is 0.590. The van der Waals surface area contributed by atoms with Gasteiger partial charge in [0.25, 0.3) is 0 Å². The lowest BCUT2D eigenvalue weighted by molar-refractivity contribution is 0.297. The van der Waals surface area contributed by atoms with Gasteiger partial charge in [0, 0.05) is 6.04 Å². The van der Waals surface area contributed by atoms with E-state index in [1.165, 1.54) is 24.8 Å². The van der Waals surface area contributed by atoms with Crippen LogP contribution < -0.4 is 10.1 Å². The molecule has 1 rings (SSSR count). The third-order valence-corrected chi connectivity index (χ3v) is 3.73. The van der Waals surface area contributed by atoms with Gasteiger partial charge >= 0.3 is 0 Å². The maximum atomic E-state index is 5.78. The van der Waals surface area contributed by atoms with Crippen molar-refractivity contribution >= 4 is 0 Å². The third kappa shape index (κ3) is 8.77. The highest BCUT2D eigenvalue weighted by Crippen LogP contribution is 2.15. The number of ether oxygens (including phenoxy) is 1. The number of aryl methyl sites for hydroxylation is 1. The average molecular weight is 291 g/mol. The van der Waals surface area contributed by atoms with E-state index < -0.39 is 0 Å². The summed E-state index contributed by atoms with van der Waals surface area (Å²) in [6.07, 6.45) is 5.90. The Hall–Kier alpha value is -1.02. The van der Waals surface area contributed by atoms with Crippen LogP contribution in [0.25, 0.3) is 0 Å². The van der Waals surface area contributed by atoms with Crippen molar-refractivity contribution in [2.75, 3.05) is 13.2 Å². The summed E-state index contributed by atoms with van der Waals surface area (Å²) in [5.74, 6) is 1.76. The highest BCUT2D eigenvalue weighted by atomic mass is 16.5. The summed E-state index contributed by atoms with van der Waals surface area (Å²) in [6.45, 7) is 10.9. The van der Waals surface area contributed by atoms with Crippen LogP contribution in [0.2, 0.25) is 0 Å². The minimum atomic E-state index is 0.594. The van der Waals surface area contributed by atoms with Gasteiger partial charge in [-0.15, -0.1) is 0 Å². The van der Waals surface area contributed by atoms with Gasteiger partial charge in [0.2, 0.25) is 0 Å². The summed E-state index contributed by atoms with van der Waals surface area (Å²) >= 11 is 0. The van der Waals surface area contributed by atoms with Gasteiger partial charge in [0.05, 0.1) is 6.61 Å². The summed E-state index contributed by atoms with van der Waals surface area (Å²) in [5.41, 5.74) is 1.40. The molecule has 0 bridgehead atoms. The van der Waals surface area contributed by atoms with E-state index in [2.05, 4.69) is 57.3 Å². The van der Waals surface area contributed by atoms with Gasteiger partial charge < -0.3 is 10.1 Å². The summed E-state index contributed by atoms with van der Waals surface area (Å²) in [6, 6.07) is 9.20. The first kappa shape index (κ1) is 18.0. The number of benzene rings is 1. The maximum absolute atomic E-state index is 5.78. The Balaban J connectivity index is 2.23. The van der Waals surface area contributed by atoms with Gasteiger partial charge in [-0.25, -0.2) is 0 Å². The van der Waals surface area contributed by atoms with Crippen LogP contribution in [0, 0.1) is 5.92 Å². The topological polar surface area (TPSA) is 21.3 Å². The molecule has 1 aromatic rings. The smallest absolute Gasteiger partial charge is 0.119 e. The molecule has 0 aliphatic carbocycles. The van der Waals surface area contributed by atoms with Crippen LogP contribution in [-0.2, 0) is 6.42 Å². The number of nitrogens with one attached hydrogen (secondary N) is 1. The second-order valence-corrected chi connectivity index (χ2v) is 6.42. The highest BCUT2D eigenvalue weighted by Gasteiger charge is 2.02. The summed E-state index contributed by atoms with van der Waals surface area (Å²) in [7, 11) is 0. The van der Waals surface area contributed by atoms with Crippen molar-refractivity contribution in [2.45, 2.75) is 65.8 Å². The molecule has 0 saturated carbocycles. The van der Waals surface area contributed by atoms with E-state index in [9.17, 15) is 0 Å². The van der Waals surface area contributed by atoms with Crippen molar-refractivity contribution in [3.63, 3.8) is 0 Å². The van der Waals surface area contributed by atoms with Crippen molar-refractivity contribution in [3.8, 4) is 5.75 Å². The first-order valence-electron chi connectivity index (χ1n) is 8.57. The predicted octanol–water partition coefficient (Wildman–Crippen LogP) is 4.82. The van der Waals surface area contributed by atoms with Crippen molar-refractivity contribution in [1.82, 2.24) is 5.32 Å². The molecule has 0 amide bonds. The van der Waals surface area contributed by atoms with Crippen molar-refractivity contribution < 1.29 is 4.74 Å². The fourth-order valence-electron chi connectivity index (χ4n) is 2.31. The predicted molar refractivity (Wildman–Crippen MR) is 92.1 cm³/mol. The lowest BCUT2D eigenvalue weighted by Crippen LogP contribution is -2.27. The molecule has 1 atom stereocenters. The molecule has 1 unspecified atom stereocenters. The Morgan fingerprint density at radius 1 is 1.05 bits per heavy atom. The molecular weight excluding hydrogens is 258 g/mol. The van der Waals surface area contributed by atoms with Crippen LogP contribution in [0.4, 0.5) is 0 Å². The molecule has 2 nitrogen and oxygen atoms in total. The first-order chi connectivity index (χ1) is 10.1. The van der Waals surface area contributed by atoms with Crippen molar-refractivity contribution in [2.24, 2.45) is 5.92 Å². The van der Waals surface area contributed by atoms with E-state index in [1.807, 2.05) is 0 Å². The molecule has 0 radical (unpaired) electrons. The zero-order chi connectivity index (χ0) is 15.5. The van der Waals surface area contributed by atoms with Gasteiger partial charge in [-0.3, -0.25) is 0 Å². The molecule has 120 valence electrons. The van der Waals surface area contributed by atoms with Gasteiger partial charge in [-0.2, -0.15) is 0 Å². The third-order valence-electron chi connectivity index (χ3n) is 3.73. The fourth-order valence-corrected chi connectivity index (χ4v) is 2.31. The molecular formula is C19H33NO. The molecule has 0 saturated heterocycles. The molecule has 0 spiro atoms. The second kappa shape index (κ2) is 10.7. The average Bonchev–Trinajstić information content (AvgIpc) is 2.48. The minimum absolute atomic E-state index is 0.594. The standard InChI is InChI=1S/C19H33NO/c1-5-14-20-17(4)8-9-18-10-12-19(13-11-18)21-15-6-7-16(2)3/h10-13,16-17,20H,5-9,14-15H2,1-4H3. The van der Waals surface area contributed by atoms with E-state index >= 15 is 0 Å². The Morgan fingerprint density at radius 2 is 1.76 bits per heavy atom. The normalized spacial score (nSPS) is 12.6. The minimum Gasteiger partial charge on any atom is -0.494 e. The second-order valence-electron chi connectivity index (χ2n) is 6.42. The Kier molecular flexibility index (Phi) is 9.16. The molecule has 21 heavy (non-hydrogen) atoms. The maximum Gasteiger partial charge on any atom is 0.119 e. The summed E-state index contributed by atoms with van der Waals surface area (Å²) < 4.78 is 5.78. The van der Waals surface area contributed by atoms with Crippen LogP contribution in [0.15, 0.2) is 24.3 Å². The number of rotatable bonds is 11. The van der Waals surface area contributed by atoms with E-state index in [0.717, 1.165) is 37.7 Å². The van der Waals surface area contributed by atoms with Crippen molar-refractivity contribution in [3.05, 3.63) is 29.8 Å². The van der Waals surface area contributed by atoms with E-state index in [1.54, 1.807) is 0 Å².